The van der Waals surface area contributed by atoms with Crippen LogP contribution in [-0.2, 0) is 18.0 Å². The molecule has 1 aromatic carbocycles. The number of hydrogen-bond donors (Lipinski definition) is 1. The van der Waals surface area contributed by atoms with Gasteiger partial charge in [0.2, 0.25) is 4.77 Å². The third-order valence-electron chi connectivity index (χ3n) is 6.16. The van der Waals surface area contributed by atoms with Gasteiger partial charge in [0.1, 0.15) is 0 Å². The van der Waals surface area contributed by atoms with Gasteiger partial charge in [-0.15, -0.1) is 5.10 Å². The van der Waals surface area contributed by atoms with Crippen LogP contribution in [0.1, 0.15) is 45.4 Å². The van der Waals surface area contributed by atoms with Crippen LogP contribution in [0.15, 0.2) is 24.3 Å². The first-order chi connectivity index (χ1) is 13.7. The molecule has 1 N–H and O–H groups in total. The first kappa shape index (κ1) is 20.1. The number of ether oxygens (including phenoxy) is 1. The normalized spacial score (nSPS) is 25.3. The summed E-state index contributed by atoms with van der Waals surface area (Å²) in [5.74, 6) is 0.918. The predicted molar refractivity (Wildman–Crippen MR) is 114 cm³/mol. The van der Waals surface area contributed by atoms with E-state index in [1.807, 2.05) is 28.9 Å². The van der Waals surface area contributed by atoms with E-state index in [0.29, 0.717) is 6.04 Å². The highest BCUT2D eigenvalue weighted by Gasteiger charge is 2.27. The monoisotopic (exact) mass is 421 g/mol. The molecule has 0 spiro atoms. The van der Waals surface area contributed by atoms with Gasteiger partial charge in [0.15, 0.2) is 12.5 Å². The van der Waals surface area contributed by atoms with E-state index in [1.54, 1.807) is 4.90 Å². The Bertz CT molecular complexity index is 841. The van der Waals surface area contributed by atoms with Crippen LogP contribution < -0.4 is 4.90 Å². The van der Waals surface area contributed by atoms with Crippen molar-refractivity contribution < 1.29 is 9.64 Å². The first-order valence-electron chi connectivity index (χ1n) is 10.6. The van der Waals surface area contributed by atoms with Crippen molar-refractivity contribution in [1.29, 1.82) is 0 Å². The van der Waals surface area contributed by atoms with Gasteiger partial charge in [0, 0.05) is 17.2 Å². The molecule has 5 nitrogen and oxygen atoms in total. The molecule has 0 amide bonds. The van der Waals surface area contributed by atoms with Crippen LogP contribution in [0.5, 0.6) is 0 Å². The van der Waals surface area contributed by atoms with Crippen LogP contribution in [0, 0.1) is 4.77 Å². The fourth-order valence-electron chi connectivity index (χ4n) is 4.56. The van der Waals surface area contributed by atoms with Crippen LogP contribution in [0.4, 0.5) is 0 Å². The second kappa shape index (κ2) is 9.08. The highest BCUT2D eigenvalue weighted by Crippen LogP contribution is 2.23. The minimum absolute atomic E-state index is 0.223. The lowest BCUT2D eigenvalue weighted by molar-refractivity contribution is -0.953. The Labute approximate surface area is 177 Å². The van der Waals surface area contributed by atoms with Crippen LogP contribution in [0.25, 0.3) is 11.4 Å². The molecule has 7 heteroatoms. The van der Waals surface area contributed by atoms with Crippen LogP contribution >= 0.6 is 23.8 Å². The summed E-state index contributed by atoms with van der Waals surface area (Å²) in [6.45, 7) is 5.96. The number of benzene rings is 1. The molecule has 4 rings (SSSR count). The van der Waals surface area contributed by atoms with E-state index in [9.17, 15) is 0 Å². The zero-order valence-corrected chi connectivity index (χ0v) is 18.1. The molecule has 28 heavy (non-hydrogen) atoms. The zero-order chi connectivity index (χ0) is 19.5. The summed E-state index contributed by atoms with van der Waals surface area (Å²) in [7, 11) is 0. The van der Waals surface area contributed by atoms with Crippen molar-refractivity contribution in [3.8, 4) is 11.4 Å². The van der Waals surface area contributed by atoms with Crippen molar-refractivity contribution >= 4 is 23.8 Å². The van der Waals surface area contributed by atoms with E-state index in [4.69, 9.17) is 33.7 Å². The minimum atomic E-state index is 0.223. The molecule has 2 aromatic rings. The molecule has 1 unspecified atom stereocenters. The lowest BCUT2D eigenvalue weighted by atomic mass is 10.0. The summed E-state index contributed by atoms with van der Waals surface area (Å²) in [6.07, 6.45) is 7.59. The van der Waals surface area contributed by atoms with Crippen molar-refractivity contribution in [2.24, 2.45) is 0 Å². The molecular formula is C21H30ClN4OS+. The van der Waals surface area contributed by atoms with Crippen LogP contribution in [-0.4, -0.2) is 39.6 Å². The lowest BCUT2D eigenvalue weighted by Crippen LogP contribution is -3.15. The van der Waals surface area contributed by atoms with E-state index < -0.39 is 0 Å². The molecule has 152 valence electrons. The summed E-state index contributed by atoms with van der Waals surface area (Å²) in [6, 6.07) is 8.59. The standard InChI is InChI=1S/C21H29ClN4OS/c1-2-18-6-3-4-12-24(18)15-26-21(28)25(14-19-7-5-13-27-19)20(23-26)16-8-10-17(22)11-9-16/h8-11,18-19H,2-7,12-15H2,1H3/p+1/t18-,19+/m1/s1. The Morgan fingerprint density at radius 3 is 2.75 bits per heavy atom. The third kappa shape index (κ3) is 4.35. The molecule has 1 aromatic heterocycles. The van der Waals surface area contributed by atoms with Crippen molar-refractivity contribution in [3.05, 3.63) is 34.1 Å². The zero-order valence-electron chi connectivity index (χ0n) is 16.6. The summed E-state index contributed by atoms with van der Waals surface area (Å²) < 4.78 is 10.9. The summed E-state index contributed by atoms with van der Waals surface area (Å²) in [5, 5.41) is 5.70. The van der Waals surface area contributed by atoms with Gasteiger partial charge in [0.25, 0.3) is 0 Å². The number of aromatic nitrogens is 3. The summed E-state index contributed by atoms with van der Waals surface area (Å²) in [4.78, 5) is 1.61. The molecular weight excluding hydrogens is 392 g/mol. The molecule has 0 aliphatic carbocycles. The topological polar surface area (TPSA) is 36.4 Å². The number of quaternary nitrogens is 1. The van der Waals surface area contributed by atoms with Gasteiger partial charge in [-0.05, 0) is 75.0 Å². The molecule has 2 saturated heterocycles. The lowest BCUT2D eigenvalue weighted by Gasteiger charge is -2.31. The number of piperidine rings is 1. The van der Waals surface area contributed by atoms with E-state index in [1.165, 1.54) is 32.2 Å². The number of nitrogens with one attached hydrogen (secondary N) is 1. The van der Waals surface area contributed by atoms with Crippen molar-refractivity contribution in [1.82, 2.24) is 14.3 Å². The van der Waals surface area contributed by atoms with E-state index in [-0.39, 0.29) is 6.10 Å². The number of halogens is 1. The first-order valence-corrected chi connectivity index (χ1v) is 11.3. The average molecular weight is 422 g/mol. The number of rotatable bonds is 6. The Morgan fingerprint density at radius 2 is 2.04 bits per heavy atom. The van der Waals surface area contributed by atoms with E-state index in [0.717, 1.165) is 53.8 Å². The largest absolute Gasteiger partial charge is 0.376 e. The van der Waals surface area contributed by atoms with Gasteiger partial charge >= 0.3 is 0 Å². The Balaban J connectivity index is 1.66. The quantitative estimate of drug-likeness (QED) is 0.722. The number of likely N-dealkylation sites (tertiary alicyclic amines) is 1. The minimum Gasteiger partial charge on any atom is -0.376 e. The summed E-state index contributed by atoms with van der Waals surface area (Å²) in [5.41, 5.74) is 1.05. The maximum absolute atomic E-state index is 6.10. The molecule has 3 atom stereocenters. The molecule has 2 aliphatic rings. The Morgan fingerprint density at radius 1 is 1.21 bits per heavy atom. The van der Waals surface area contributed by atoms with Crippen molar-refractivity contribution in [2.75, 3.05) is 13.2 Å². The van der Waals surface area contributed by atoms with Gasteiger partial charge < -0.3 is 9.64 Å². The van der Waals surface area contributed by atoms with E-state index >= 15 is 0 Å². The Kier molecular flexibility index (Phi) is 6.51. The highest BCUT2D eigenvalue weighted by atomic mass is 35.5. The third-order valence-corrected chi connectivity index (χ3v) is 6.84. The second-order valence-corrected chi connectivity index (χ2v) is 8.83. The van der Waals surface area contributed by atoms with Gasteiger partial charge in [-0.1, -0.05) is 18.5 Å². The molecule has 0 radical (unpaired) electrons. The molecule has 2 fully saturated rings. The van der Waals surface area contributed by atoms with Crippen LogP contribution in [0.3, 0.4) is 0 Å². The fourth-order valence-corrected chi connectivity index (χ4v) is 4.95. The maximum Gasteiger partial charge on any atom is 0.203 e. The maximum atomic E-state index is 6.10. The fraction of sp³-hybridized carbons (Fsp3) is 0.619. The highest BCUT2D eigenvalue weighted by molar-refractivity contribution is 7.71. The van der Waals surface area contributed by atoms with Gasteiger partial charge in [-0.3, -0.25) is 4.57 Å². The van der Waals surface area contributed by atoms with Crippen LogP contribution in [0.2, 0.25) is 5.02 Å². The smallest absolute Gasteiger partial charge is 0.203 e. The molecule has 3 heterocycles. The molecule has 0 bridgehead atoms. The number of nitrogens with zero attached hydrogens (tertiary/aromatic N) is 3. The second-order valence-electron chi connectivity index (χ2n) is 8.03. The average Bonchev–Trinajstić information content (AvgIpc) is 3.33. The van der Waals surface area contributed by atoms with E-state index in [2.05, 4.69) is 11.5 Å². The molecule has 0 saturated carbocycles. The van der Waals surface area contributed by atoms with Crippen molar-refractivity contribution in [2.45, 2.75) is 70.8 Å². The predicted octanol–water partition coefficient (Wildman–Crippen LogP) is 3.72. The van der Waals surface area contributed by atoms with Gasteiger partial charge in [-0.2, -0.15) is 4.68 Å². The Hall–Kier alpha value is -1.21. The van der Waals surface area contributed by atoms with Crippen molar-refractivity contribution in [3.63, 3.8) is 0 Å². The van der Waals surface area contributed by atoms with Gasteiger partial charge in [-0.25, -0.2) is 0 Å². The summed E-state index contributed by atoms with van der Waals surface area (Å²) >= 11 is 12.0. The van der Waals surface area contributed by atoms with Gasteiger partial charge in [0.05, 0.1) is 25.2 Å². The molecule has 2 aliphatic heterocycles. The number of hydrogen-bond acceptors (Lipinski definition) is 3. The SMILES string of the molecule is CC[C@@H]1CCCC[NH+]1Cn1nc(-c2ccc(Cl)cc2)n(C[C@@H]2CCCO2)c1=S.